The fourth-order valence-corrected chi connectivity index (χ4v) is 3.89. The molecule has 0 saturated carbocycles. The van der Waals surface area contributed by atoms with Crippen molar-refractivity contribution in [2.24, 2.45) is 0 Å². The fourth-order valence-electron chi connectivity index (χ4n) is 2.28. The Bertz CT molecular complexity index is 844. The van der Waals surface area contributed by atoms with Gasteiger partial charge in [-0.05, 0) is 11.4 Å². The number of nitrogens with one attached hydrogen (secondary N) is 1. The molecule has 1 aromatic carbocycles. The van der Waals surface area contributed by atoms with Gasteiger partial charge in [0.2, 0.25) is 0 Å². The van der Waals surface area contributed by atoms with Crippen molar-refractivity contribution < 1.29 is 14.3 Å². The summed E-state index contributed by atoms with van der Waals surface area (Å²) in [5, 5.41) is 5.60. The topological polar surface area (TPSA) is 68.3 Å². The van der Waals surface area contributed by atoms with Gasteiger partial charge in [-0.3, -0.25) is 9.59 Å². The molecule has 0 unspecified atom stereocenters. The number of carbonyl (C=O) groups is 2. The fraction of sp³-hybridized carbons (Fsp3) is 0.167. The number of ether oxygens (including phenoxy) is 1. The SMILES string of the molecule is COC(=O)C[C@H](NC(=O)c1cnc(-c2ccccc2)s1)c1cccs1. The van der Waals surface area contributed by atoms with E-state index in [9.17, 15) is 9.59 Å². The zero-order chi connectivity index (χ0) is 17.6. The van der Waals surface area contributed by atoms with Crippen molar-refractivity contribution in [1.82, 2.24) is 10.3 Å². The van der Waals surface area contributed by atoms with Crippen LogP contribution in [0.1, 0.15) is 27.0 Å². The number of rotatable bonds is 6. The minimum atomic E-state index is -0.415. The number of methoxy groups -OCH3 is 1. The second-order valence-corrected chi connectivity index (χ2v) is 7.23. The first kappa shape index (κ1) is 17.3. The molecule has 1 N–H and O–H groups in total. The summed E-state index contributed by atoms with van der Waals surface area (Å²) in [6, 6.07) is 13.1. The molecule has 0 radical (unpaired) electrons. The van der Waals surface area contributed by atoms with E-state index in [4.69, 9.17) is 4.74 Å². The van der Waals surface area contributed by atoms with Crippen molar-refractivity contribution in [3.63, 3.8) is 0 Å². The van der Waals surface area contributed by atoms with Crippen molar-refractivity contribution in [2.45, 2.75) is 12.5 Å². The first-order valence-corrected chi connectivity index (χ1v) is 9.29. The Morgan fingerprint density at radius 2 is 2.00 bits per heavy atom. The second kappa shape index (κ2) is 8.04. The highest BCUT2D eigenvalue weighted by Crippen LogP contribution is 2.27. The molecule has 0 bridgehead atoms. The summed E-state index contributed by atoms with van der Waals surface area (Å²) in [6.07, 6.45) is 1.65. The van der Waals surface area contributed by atoms with E-state index in [2.05, 4.69) is 10.3 Å². The molecule has 3 aromatic rings. The van der Waals surface area contributed by atoms with Crippen LogP contribution in [0.25, 0.3) is 10.6 Å². The van der Waals surface area contributed by atoms with Crippen molar-refractivity contribution in [2.75, 3.05) is 7.11 Å². The number of hydrogen-bond donors (Lipinski definition) is 1. The van der Waals surface area contributed by atoms with Gasteiger partial charge in [-0.15, -0.1) is 22.7 Å². The molecule has 0 saturated heterocycles. The second-order valence-electron chi connectivity index (χ2n) is 5.22. The molecule has 128 valence electrons. The molecule has 7 heteroatoms. The van der Waals surface area contributed by atoms with Gasteiger partial charge < -0.3 is 10.1 Å². The summed E-state index contributed by atoms with van der Waals surface area (Å²) in [7, 11) is 1.34. The highest BCUT2D eigenvalue weighted by molar-refractivity contribution is 7.16. The van der Waals surface area contributed by atoms with E-state index in [0.717, 1.165) is 15.4 Å². The predicted molar refractivity (Wildman–Crippen MR) is 98.7 cm³/mol. The van der Waals surface area contributed by atoms with E-state index in [1.807, 2.05) is 47.8 Å². The van der Waals surface area contributed by atoms with Gasteiger partial charge >= 0.3 is 5.97 Å². The van der Waals surface area contributed by atoms with Crippen LogP contribution in [0.4, 0.5) is 0 Å². The molecule has 25 heavy (non-hydrogen) atoms. The monoisotopic (exact) mass is 372 g/mol. The highest BCUT2D eigenvalue weighted by atomic mass is 32.1. The van der Waals surface area contributed by atoms with Crippen LogP contribution in [0.2, 0.25) is 0 Å². The van der Waals surface area contributed by atoms with E-state index in [-0.39, 0.29) is 18.3 Å². The molecule has 5 nitrogen and oxygen atoms in total. The summed E-state index contributed by atoms with van der Waals surface area (Å²) < 4.78 is 4.73. The van der Waals surface area contributed by atoms with E-state index in [1.165, 1.54) is 29.8 Å². The molecule has 0 spiro atoms. The number of hydrogen-bond acceptors (Lipinski definition) is 6. The standard InChI is InChI=1S/C18H16N2O3S2/c1-23-16(21)10-13(14-8-5-9-24-14)20-17(22)15-11-19-18(25-15)12-6-3-2-4-7-12/h2-9,11,13H,10H2,1H3,(H,20,22)/t13-/m0/s1. The third kappa shape index (κ3) is 4.32. The molecule has 0 fully saturated rings. The number of nitrogens with zero attached hydrogens (tertiary/aromatic N) is 1. The molecule has 1 amide bonds. The van der Waals surface area contributed by atoms with Crippen LogP contribution in [-0.2, 0) is 9.53 Å². The van der Waals surface area contributed by atoms with Gasteiger partial charge in [0, 0.05) is 10.4 Å². The van der Waals surface area contributed by atoms with E-state index in [0.29, 0.717) is 4.88 Å². The van der Waals surface area contributed by atoms with Crippen molar-refractivity contribution >= 4 is 34.6 Å². The van der Waals surface area contributed by atoms with Crippen LogP contribution < -0.4 is 5.32 Å². The van der Waals surface area contributed by atoms with Crippen molar-refractivity contribution in [3.8, 4) is 10.6 Å². The van der Waals surface area contributed by atoms with Gasteiger partial charge in [-0.2, -0.15) is 0 Å². The maximum absolute atomic E-state index is 12.6. The summed E-state index contributed by atoms with van der Waals surface area (Å²) in [4.78, 5) is 30.0. The quantitative estimate of drug-likeness (QED) is 0.666. The molecular weight excluding hydrogens is 356 g/mol. The molecule has 0 aliphatic heterocycles. The van der Waals surface area contributed by atoms with Crippen molar-refractivity contribution in [1.29, 1.82) is 0 Å². The Morgan fingerprint density at radius 1 is 1.20 bits per heavy atom. The van der Waals surface area contributed by atoms with Crippen LogP contribution >= 0.6 is 22.7 Å². The maximum atomic E-state index is 12.6. The number of carbonyl (C=O) groups excluding carboxylic acids is 2. The lowest BCUT2D eigenvalue weighted by atomic mass is 10.1. The normalized spacial score (nSPS) is 11.7. The first-order valence-electron chi connectivity index (χ1n) is 7.59. The number of thiazole rings is 1. The molecule has 0 aliphatic rings. The Labute approximate surface area is 153 Å². The molecule has 3 rings (SSSR count). The molecule has 2 aromatic heterocycles. The lowest BCUT2D eigenvalue weighted by Crippen LogP contribution is -2.29. The van der Waals surface area contributed by atoms with Gasteiger partial charge in [0.25, 0.3) is 5.91 Å². The Morgan fingerprint density at radius 3 is 2.68 bits per heavy atom. The van der Waals surface area contributed by atoms with Crippen LogP contribution in [-0.4, -0.2) is 24.0 Å². The molecule has 2 heterocycles. The molecule has 1 atom stereocenters. The summed E-state index contributed by atoms with van der Waals surface area (Å²) in [5.41, 5.74) is 0.968. The average Bonchev–Trinajstić information content (AvgIpc) is 3.33. The molecule has 0 aliphatic carbocycles. The van der Waals surface area contributed by atoms with Gasteiger partial charge in [0.05, 0.1) is 25.8 Å². The number of benzene rings is 1. The zero-order valence-electron chi connectivity index (χ0n) is 13.5. The number of aromatic nitrogens is 1. The number of esters is 1. The highest BCUT2D eigenvalue weighted by Gasteiger charge is 2.21. The summed E-state index contributed by atoms with van der Waals surface area (Å²) in [5.74, 6) is -0.616. The predicted octanol–water partition coefficient (Wildman–Crippen LogP) is 3.91. The third-order valence-corrected chi connectivity index (χ3v) is 5.57. The van der Waals surface area contributed by atoms with Crippen LogP contribution in [0, 0.1) is 0 Å². The van der Waals surface area contributed by atoms with E-state index < -0.39 is 6.04 Å². The van der Waals surface area contributed by atoms with Gasteiger partial charge in [0.15, 0.2) is 0 Å². The third-order valence-electron chi connectivity index (χ3n) is 3.54. The maximum Gasteiger partial charge on any atom is 0.307 e. The van der Waals surface area contributed by atoms with E-state index in [1.54, 1.807) is 6.20 Å². The van der Waals surface area contributed by atoms with Crippen LogP contribution in [0.15, 0.2) is 54.0 Å². The summed E-state index contributed by atoms with van der Waals surface area (Å²) >= 11 is 2.81. The zero-order valence-corrected chi connectivity index (χ0v) is 15.1. The number of thiophene rings is 1. The number of amides is 1. The van der Waals surface area contributed by atoms with Gasteiger partial charge in [0.1, 0.15) is 9.88 Å². The lowest BCUT2D eigenvalue weighted by molar-refractivity contribution is -0.141. The van der Waals surface area contributed by atoms with E-state index >= 15 is 0 Å². The Balaban J connectivity index is 1.75. The Kier molecular flexibility index (Phi) is 5.57. The minimum Gasteiger partial charge on any atom is -0.469 e. The van der Waals surface area contributed by atoms with Crippen molar-refractivity contribution in [3.05, 3.63) is 63.8 Å². The van der Waals surface area contributed by atoms with Gasteiger partial charge in [-0.1, -0.05) is 36.4 Å². The average molecular weight is 372 g/mol. The molecular formula is C18H16N2O3S2. The van der Waals surface area contributed by atoms with Gasteiger partial charge in [-0.25, -0.2) is 4.98 Å². The smallest absolute Gasteiger partial charge is 0.307 e. The van der Waals surface area contributed by atoms with Crippen LogP contribution in [0.5, 0.6) is 0 Å². The Hall–Kier alpha value is -2.51. The first-order chi connectivity index (χ1) is 12.2. The lowest BCUT2D eigenvalue weighted by Gasteiger charge is -2.15. The van der Waals surface area contributed by atoms with Crippen LogP contribution in [0.3, 0.4) is 0 Å². The largest absolute Gasteiger partial charge is 0.469 e. The summed E-state index contributed by atoms with van der Waals surface area (Å²) in [6.45, 7) is 0. The minimum absolute atomic E-state index is 0.0904.